The van der Waals surface area contributed by atoms with Crippen molar-refractivity contribution in [1.29, 1.82) is 0 Å². The molecule has 0 spiro atoms. The molecule has 0 aliphatic heterocycles. The van der Waals surface area contributed by atoms with Gasteiger partial charge in [-0.05, 0) is 31.9 Å². The zero-order valence-electron chi connectivity index (χ0n) is 11.4. The molecule has 3 N–H and O–H groups in total. The number of hydrogen-bond donors (Lipinski definition) is 2. The summed E-state index contributed by atoms with van der Waals surface area (Å²) in [6.07, 6.45) is 3.20. The SMILES string of the molecule is COc1c(C)c(C)c(N)c(S(=O)c2ncc[nH]2)c1C. The Balaban J connectivity index is 2.70. The summed E-state index contributed by atoms with van der Waals surface area (Å²) >= 11 is 0. The highest BCUT2D eigenvalue weighted by Gasteiger charge is 2.22. The molecule has 1 aromatic heterocycles. The summed E-state index contributed by atoms with van der Waals surface area (Å²) in [7, 11) is 0.161. The van der Waals surface area contributed by atoms with E-state index in [9.17, 15) is 4.21 Å². The van der Waals surface area contributed by atoms with E-state index in [1.54, 1.807) is 19.5 Å². The molecule has 0 saturated carbocycles. The van der Waals surface area contributed by atoms with Crippen LogP contribution in [0, 0.1) is 20.8 Å². The minimum Gasteiger partial charge on any atom is -0.496 e. The van der Waals surface area contributed by atoms with E-state index in [0.717, 1.165) is 22.4 Å². The maximum atomic E-state index is 12.6. The van der Waals surface area contributed by atoms with Gasteiger partial charge in [0.25, 0.3) is 0 Å². The van der Waals surface area contributed by atoms with E-state index >= 15 is 0 Å². The molecule has 0 aliphatic rings. The number of nitrogens with zero attached hydrogens (tertiary/aromatic N) is 1. The first-order valence-electron chi connectivity index (χ1n) is 5.83. The Morgan fingerprint density at radius 1 is 1.26 bits per heavy atom. The number of benzene rings is 1. The van der Waals surface area contributed by atoms with Crippen LogP contribution in [0.1, 0.15) is 16.7 Å². The fourth-order valence-corrected chi connectivity index (χ4v) is 3.37. The molecular weight excluding hydrogens is 262 g/mol. The number of imidazole rings is 1. The first-order chi connectivity index (χ1) is 8.99. The van der Waals surface area contributed by atoms with E-state index in [1.165, 1.54) is 0 Å². The number of hydrogen-bond acceptors (Lipinski definition) is 4. The number of H-pyrrole nitrogens is 1. The molecule has 0 saturated heterocycles. The highest BCUT2D eigenvalue weighted by molar-refractivity contribution is 7.85. The minimum atomic E-state index is -1.44. The highest BCUT2D eigenvalue weighted by atomic mass is 32.2. The van der Waals surface area contributed by atoms with Crippen LogP contribution in [-0.4, -0.2) is 21.3 Å². The largest absolute Gasteiger partial charge is 0.496 e. The van der Waals surface area contributed by atoms with Gasteiger partial charge < -0.3 is 15.5 Å². The maximum absolute atomic E-state index is 12.6. The molecule has 0 fully saturated rings. The molecule has 5 nitrogen and oxygen atoms in total. The van der Waals surface area contributed by atoms with E-state index in [1.807, 2.05) is 20.8 Å². The molecule has 1 atom stereocenters. The minimum absolute atomic E-state index is 0.389. The quantitative estimate of drug-likeness (QED) is 0.843. The van der Waals surface area contributed by atoms with E-state index in [4.69, 9.17) is 10.5 Å². The molecule has 1 aromatic carbocycles. The second-order valence-electron chi connectivity index (χ2n) is 4.31. The van der Waals surface area contributed by atoms with Crippen molar-refractivity contribution >= 4 is 16.5 Å². The van der Waals surface area contributed by atoms with Gasteiger partial charge in [0.2, 0.25) is 5.16 Å². The third-order valence-electron chi connectivity index (χ3n) is 3.27. The molecule has 0 radical (unpaired) electrons. The van der Waals surface area contributed by atoms with Crippen molar-refractivity contribution in [2.75, 3.05) is 12.8 Å². The lowest BCUT2D eigenvalue weighted by atomic mass is 10.0. The van der Waals surface area contributed by atoms with Crippen molar-refractivity contribution in [1.82, 2.24) is 9.97 Å². The third-order valence-corrected chi connectivity index (χ3v) is 4.74. The molecule has 0 bridgehead atoms. The summed E-state index contributed by atoms with van der Waals surface area (Å²) in [5.74, 6) is 0.724. The molecular formula is C13H17N3O2S. The number of nitrogens with one attached hydrogen (secondary N) is 1. The monoisotopic (exact) mass is 279 g/mol. The lowest BCUT2D eigenvalue weighted by Crippen LogP contribution is -2.08. The van der Waals surface area contributed by atoms with Gasteiger partial charge in [-0.3, -0.25) is 0 Å². The smallest absolute Gasteiger partial charge is 0.201 e. The van der Waals surface area contributed by atoms with Crippen LogP contribution < -0.4 is 10.5 Å². The Labute approximate surface area is 114 Å². The van der Waals surface area contributed by atoms with Crippen LogP contribution in [0.3, 0.4) is 0 Å². The number of nitrogen functional groups attached to an aromatic ring is 1. The Kier molecular flexibility index (Phi) is 3.61. The van der Waals surface area contributed by atoms with Gasteiger partial charge in [-0.2, -0.15) is 0 Å². The van der Waals surface area contributed by atoms with Gasteiger partial charge >= 0.3 is 0 Å². The first kappa shape index (κ1) is 13.6. The molecule has 102 valence electrons. The van der Waals surface area contributed by atoms with Crippen molar-refractivity contribution in [2.24, 2.45) is 0 Å². The fourth-order valence-electron chi connectivity index (χ4n) is 2.12. The van der Waals surface area contributed by atoms with Crippen LogP contribution in [0.2, 0.25) is 0 Å². The predicted octanol–water partition coefficient (Wildman–Crippen LogP) is 2.09. The number of aromatic amines is 1. The fraction of sp³-hybridized carbons (Fsp3) is 0.308. The molecule has 0 aliphatic carbocycles. The molecule has 19 heavy (non-hydrogen) atoms. The first-order valence-corrected chi connectivity index (χ1v) is 6.98. The van der Waals surface area contributed by atoms with Gasteiger partial charge in [-0.25, -0.2) is 9.19 Å². The Morgan fingerprint density at radius 3 is 2.47 bits per heavy atom. The second kappa shape index (κ2) is 5.05. The Morgan fingerprint density at radius 2 is 1.95 bits per heavy atom. The lowest BCUT2D eigenvalue weighted by molar-refractivity contribution is 0.406. The summed E-state index contributed by atoms with van der Waals surface area (Å²) in [5.41, 5.74) is 9.30. The van der Waals surface area contributed by atoms with E-state index in [2.05, 4.69) is 9.97 Å². The van der Waals surface area contributed by atoms with Gasteiger partial charge in [0.1, 0.15) is 16.5 Å². The zero-order chi connectivity index (χ0) is 14.2. The number of aromatic nitrogens is 2. The average molecular weight is 279 g/mol. The van der Waals surface area contributed by atoms with Crippen LogP contribution in [0.5, 0.6) is 5.75 Å². The van der Waals surface area contributed by atoms with Crippen LogP contribution in [-0.2, 0) is 10.8 Å². The molecule has 0 amide bonds. The summed E-state index contributed by atoms with van der Waals surface area (Å²) in [6, 6.07) is 0. The van der Waals surface area contributed by atoms with Crippen molar-refractivity contribution < 1.29 is 8.95 Å². The molecule has 2 aromatic rings. The number of nitrogens with two attached hydrogens (primary N) is 1. The van der Waals surface area contributed by atoms with Crippen molar-refractivity contribution in [3.63, 3.8) is 0 Å². The van der Waals surface area contributed by atoms with Crippen LogP contribution in [0.4, 0.5) is 5.69 Å². The number of anilines is 1. The molecule has 1 heterocycles. The van der Waals surface area contributed by atoms with E-state index in [-0.39, 0.29) is 0 Å². The number of methoxy groups -OCH3 is 1. The van der Waals surface area contributed by atoms with Crippen LogP contribution in [0.15, 0.2) is 22.4 Å². The zero-order valence-corrected chi connectivity index (χ0v) is 12.2. The van der Waals surface area contributed by atoms with Gasteiger partial charge in [-0.1, -0.05) is 0 Å². The molecule has 6 heteroatoms. The van der Waals surface area contributed by atoms with Crippen LogP contribution in [0.25, 0.3) is 0 Å². The summed E-state index contributed by atoms with van der Waals surface area (Å²) in [4.78, 5) is 7.45. The highest BCUT2D eigenvalue weighted by Crippen LogP contribution is 2.37. The van der Waals surface area contributed by atoms with Gasteiger partial charge in [-0.15, -0.1) is 0 Å². The molecule has 1 unspecified atom stereocenters. The Hall–Kier alpha value is -1.82. The topological polar surface area (TPSA) is 81.0 Å². The third kappa shape index (κ3) is 2.12. The maximum Gasteiger partial charge on any atom is 0.201 e. The van der Waals surface area contributed by atoms with Gasteiger partial charge in [0, 0.05) is 18.0 Å². The summed E-state index contributed by atoms with van der Waals surface area (Å²) in [6.45, 7) is 5.70. The standard InChI is InChI=1S/C13H17N3O2S/c1-7-8(2)11(18-4)9(3)12(10(7)14)19(17)13-15-5-6-16-13/h5-6H,14H2,1-4H3,(H,15,16). The van der Waals surface area contributed by atoms with E-state index < -0.39 is 10.8 Å². The normalized spacial score (nSPS) is 12.4. The van der Waals surface area contributed by atoms with Crippen molar-refractivity contribution in [3.8, 4) is 5.75 Å². The van der Waals surface area contributed by atoms with Crippen molar-refractivity contribution in [2.45, 2.75) is 30.8 Å². The predicted molar refractivity (Wildman–Crippen MR) is 74.9 cm³/mol. The summed E-state index contributed by atoms with van der Waals surface area (Å²) < 4.78 is 18.0. The van der Waals surface area contributed by atoms with Crippen LogP contribution >= 0.6 is 0 Å². The average Bonchev–Trinajstić information content (AvgIpc) is 2.91. The van der Waals surface area contributed by atoms with Crippen molar-refractivity contribution in [3.05, 3.63) is 29.1 Å². The van der Waals surface area contributed by atoms with E-state index in [0.29, 0.717) is 15.7 Å². The lowest BCUT2D eigenvalue weighted by Gasteiger charge is -2.18. The Bertz CT molecular complexity index is 636. The second-order valence-corrected chi connectivity index (χ2v) is 5.65. The summed E-state index contributed by atoms with van der Waals surface area (Å²) in [5, 5.41) is 0.389. The number of ether oxygens (including phenoxy) is 1. The van der Waals surface area contributed by atoms with Gasteiger partial charge in [0.15, 0.2) is 0 Å². The van der Waals surface area contributed by atoms with Gasteiger partial charge in [0.05, 0.1) is 17.7 Å². The molecule has 2 rings (SSSR count). The number of rotatable bonds is 3.